The normalized spacial score (nSPS) is 10.8. The van der Waals surface area contributed by atoms with Crippen molar-refractivity contribution in [2.75, 3.05) is 18.6 Å². The van der Waals surface area contributed by atoms with E-state index in [0.29, 0.717) is 46.1 Å². The molecule has 0 saturated heterocycles. The number of nitrogens with zero attached hydrogens (tertiary/aromatic N) is 2. The predicted octanol–water partition coefficient (Wildman–Crippen LogP) is 4.63. The maximum absolute atomic E-state index is 6.34. The van der Waals surface area contributed by atoms with Crippen LogP contribution < -0.4 is 14.9 Å². The van der Waals surface area contributed by atoms with Crippen molar-refractivity contribution in [3.63, 3.8) is 0 Å². The van der Waals surface area contributed by atoms with Gasteiger partial charge < -0.3 is 9.47 Å². The lowest BCUT2D eigenvalue weighted by molar-refractivity contribution is 0.323. The van der Waals surface area contributed by atoms with Gasteiger partial charge >= 0.3 is 0 Å². The van der Waals surface area contributed by atoms with Gasteiger partial charge in [0.15, 0.2) is 11.5 Å². The number of halogens is 2. The number of nitrogens with one attached hydrogen (secondary N) is 1. The smallest absolute Gasteiger partial charge is 0.160 e. The van der Waals surface area contributed by atoms with Crippen molar-refractivity contribution >= 4 is 35.2 Å². The molecular weight excluding hydrogens is 337 g/mol. The van der Waals surface area contributed by atoms with E-state index in [4.69, 9.17) is 32.7 Å². The molecule has 2 aromatic rings. The third-order valence-corrected chi connectivity index (χ3v) is 3.41. The highest BCUT2D eigenvalue weighted by molar-refractivity contribution is 6.38. The molecule has 0 saturated carbocycles. The van der Waals surface area contributed by atoms with Crippen LogP contribution in [0.1, 0.15) is 19.4 Å². The number of rotatable bonds is 7. The van der Waals surface area contributed by atoms with Crippen LogP contribution in [0.25, 0.3) is 0 Å². The number of hydrogen-bond acceptors (Lipinski definition) is 5. The van der Waals surface area contributed by atoms with Crippen LogP contribution in [0.4, 0.5) is 5.82 Å². The first-order valence-electron chi connectivity index (χ1n) is 7.15. The lowest BCUT2D eigenvalue weighted by Gasteiger charge is -2.14. The third kappa shape index (κ3) is 4.50. The Labute approximate surface area is 145 Å². The van der Waals surface area contributed by atoms with Gasteiger partial charge in [0.25, 0.3) is 0 Å². The van der Waals surface area contributed by atoms with Crippen molar-refractivity contribution in [1.82, 2.24) is 4.98 Å². The lowest BCUT2D eigenvalue weighted by atomic mass is 10.2. The fourth-order valence-corrected chi connectivity index (χ4v) is 2.50. The van der Waals surface area contributed by atoms with E-state index >= 15 is 0 Å². The van der Waals surface area contributed by atoms with Gasteiger partial charge in [-0.15, -0.1) is 0 Å². The highest BCUT2D eigenvalue weighted by atomic mass is 35.5. The Kier molecular flexibility index (Phi) is 6.50. The Balaban J connectivity index is 2.29. The summed E-state index contributed by atoms with van der Waals surface area (Å²) in [6, 6.07) is 7.20. The number of benzene rings is 1. The molecule has 0 amide bonds. The quantitative estimate of drug-likeness (QED) is 0.582. The SMILES string of the molecule is CCOc1c(Cl)cc(C=NNc2ccccn2)c(OCC)c1Cl. The molecule has 0 spiro atoms. The number of pyridine rings is 1. The monoisotopic (exact) mass is 353 g/mol. The van der Waals surface area contributed by atoms with E-state index in [1.807, 2.05) is 26.0 Å². The second-order valence-corrected chi connectivity index (χ2v) is 5.16. The average Bonchev–Trinajstić information content (AvgIpc) is 2.56. The Morgan fingerprint density at radius 2 is 1.91 bits per heavy atom. The molecule has 0 atom stereocenters. The zero-order valence-corrected chi connectivity index (χ0v) is 14.4. The zero-order valence-electron chi connectivity index (χ0n) is 12.8. The number of hydrazone groups is 1. The predicted molar refractivity (Wildman–Crippen MR) is 94.3 cm³/mol. The van der Waals surface area contributed by atoms with E-state index in [1.54, 1.807) is 24.5 Å². The fourth-order valence-electron chi connectivity index (χ4n) is 1.86. The highest BCUT2D eigenvalue weighted by Crippen LogP contribution is 2.42. The van der Waals surface area contributed by atoms with E-state index in [2.05, 4.69) is 15.5 Å². The van der Waals surface area contributed by atoms with Crippen molar-refractivity contribution in [3.05, 3.63) is 46.1 Å². The molecule has 1 aromatic heterocycles. The molecule has 23 heavy (non-hydrogen) atoms. The summed E-state index contributed by atoms with van der Waals surface area (Å²) >= 11 is 12.6. The summed E-state index contributed by atoms with van der Waals surface area (Å²) in [6.45, 7) is 4.65. The van der Waals surface area contributed by atoms with Crippen molar-refractivity contribution in [1.29, 1.82) is 0 Å². The first-order chi connectivity index (χ1) is 11.2. The molecule has 2 rings (SSSR count). The third-order valence-electron chi connectivity index (χ3n) is 2.79. The number of ether oxygens (including phenoxy) is 2. The van der Waals surface area contributed by atoms with Gasteiger partial charge in [0.1, 0.15) is 10.8 Å². The largest absolute Gasteiger partial charge is 0.491 e. The molecule has 0 aliphatic heterocycles. The van der Waals surface area contributed by atoms with Crippen LogP contribution in [0.15, 0.2) is 35.6 Å². The molecule has 5 nitrogen and oxygen atoms in total. The van der Waals surface area contributed by atoms with Gasteiger partial charge in [-0.1, -0.05) is 29.3 Å². The van der Waals surface area contributed by atoms with E-state index in [1.165, 1.54) is 0 Å². The van der Waals surface area contributed by atoms with Crippen LogP contribution in [-0.4, -0.2) is 24.4 Å². The molecule has 122 valence electrons. The zero-order chi connectivity index (χ0) is 16.7. The summed E-state index contributed by atoms with van der Waals surface area (Å²) in [5.41, 5.74) is 3.47. The Hall–Kier alpha value is -1.98. The molecule has 0 fully saturated rings. The Morgan fingerprint density at radius 1 is 1.17 bits per heavy atom. The van der Waals surface area contributed by atoms with Gasteiger partial charge in [0, 0.05) is 11.8 Å². The van der Waals surface area contributed by atoms with Gasteiger partial charge in [0.2, 0.25) is 0 Å². The first kappa shape index (κ1) is 17.4. The molecule has 1 N–H and O–H groups in total. The summed E-state index contributed by atoms with van der Waals surface area (Å²) in [5, 5.41) is 4.87. The second kappa shape index (κ2) is 8.60. The Bertz CT molecular complexity index is 679. The van der Waals surface area contributed by atoms with Gasteiger partial charge in [0.05, 0.1) is 24.5 Å². The molecule has 0 unspecified atom stereocenters. The average molecular weight is 354 g/mol. The van der Waals surface area contributed by atoms with Crippen LogP contribution in [0, 0.1) is 0 Å². The summed E-state index contributed by atoms with van der Waals surface area (Å²) in [4.78, 5) is 4.11. The summed E-state index contributed by atoms with van der Waals surface area (Å²) in [6.07, 6.45) is 3.25. The lowest BCUT2D eigenvalue weighted by Crippen LogP contribution is -2.02. The van der Waals surface area contributed by atoms with E-state index in [-0.39, 0.29) is 0 Å². The number of hydrogen-bond donors (Lipinski definition) is 1. The minimum absolute atomic E-state index is 0.334. The topological polar surface area (TPSA) is 55.7 Å². The van der Waals surface area contributed by atoms with E-state index in [9.17, 15) is 0 Å². The first-order valence-corrected chi connectivity index (χ1v) is 7.90. The van der Waals surface area contributed by atoms with E-state index < -0.39 is 0 Å². The van der Waals surface area contributed by atoms with Crippen LogP contribution in [0.2, 0.25) is 10.0 Å². The maximum Gasteiger partial charge on any atom is 0.160 e. The highest BCUT2D eigenvalue weighted by Gasteiger charge is 2.17. The second-order valence-electron chi connectivity index (χ2n) is 4.37. The molecular formula is C16H17Cl2N3O2. The van der Waals surface area contributed by atoms with Crippen molar-refractivity contribution in [2.45, 2.75) is 13.8 Å². The number of aromatic nitrogens is 1. The molecule has 0 radical (unpaired) electrons. The Morgan fingerprint density at radius 3 is 2.57 bits per heavy atom. The summed E-state index contributed by atoms with van der Waals surface area (Å²) in [5.74, 6) is 1.52. The van der Waals surface area contributed by atoms with Crippen LogP contribution in [0.3, 0.4) is 0 Å². The molecule has 0 aliphatic carbocycles. The standard InChI is InChI=1S/C16H17Cl2N3O2/c1-3-22-15-11(9-12(17)16(14(15)18)23-4-2)10-20-21-13-7-5-6-8-19-13/h5-10H,3-4H2,1-2H3,(H,19,21). The van der Waals surface area contributed by atoms with Gasteiger partial charge in [-0.2, -0.15) is 5.10 Å². The van der Waals surface area contributed by atoms with Crippen LogP contribution in [0.5, 0.6) is 11.5 Å². The van der Waals surface area contributed by atoms with Crippen molar-refractivity contribution < 1.29 is 9.47 Å². The van der Waals surface area contributed by atoms with Crippen LogP contribution in [-0.2, 0) is 0 Å². The van der Waals surface area contributed by atoms with Gasteiger partial charge in [-0.05, 0) is 32.0 Å². The molecule has 0 aliphatic rings. The van der Waals surface area contributed by atoms with Crippen molar-refractivity contribution in [3.8, 4) is 11.5 Å². The number of anilines is 1. The molecule has 1 heterocycles. The summed E-state index contributed by atoms with van der Waals surface area (Å²) < 4.78 is 11.1. The fraction of sp³-hybridized carbons (Fsp3) is 0.250. The molecule has 0 bridgehead atoms. The minimum atomic E-state index is 0.334. The van der Waals surface area contributed by atoms with E-state index in [0.717, 1.165) is 0 Å². The summed E-state index contributed by atoms with van der Waals surface area (Å²) in [7, 11) is 0. The minimum Gasteiger partial charge on any atom is -0.491 e. The molecule has 1 aromatic carbocycles. The van der Waals surface area contributed by atoms with Gasteiger partial charge in [-0.25, -0.2) is 4.98 Å². The van der Waals surface area contributed by atoms with Crippen molar-refractivity contribution in [2.24, 2.45) is 5.10 Å². The van der Waals surface area contributed by atoms with Gasteiger partial charge in [-0.3, -0.25) is 5.43 Å². The maximum atomic E-state index is 6.34. The molecule has 7 heteroatoms. The van der Waals surface area contributed by atoms with Crippen LogP contribution >= 0.6 is 23.2 Å².